The van der Waals surface area contributed by atoms with Crippen LogP contribution in [0.3, 0.4) is 0 Å². The summed E-state index contributed by atoms with van der Waals surface area (Å²) in [5.74, 6) is -5.85. The topological polar surface area (TPSA) is 126 Å². The number of hydrogen-bond acceptors (Lipinski definition) is 6. The number of benzene rings is 2. The van der Waals surface area contributed by atoms with E-state index >= 15 is 8.78 Å². The van der Waals surface area contributed by atoms with Crippen molar-refractivity contribution in [3.8, 4) is 17.0 Å². The number of anilines is 1. The first kappa shape index (κ1) is 23.9. The van der Waals surface area contributed by atoms with Crippen molar-refractivity contribution in [2.75, 3.05) is 18.9 Å². The average molecular weight is 509 g/mol. The van der Waals surface area contributed by atoms with Crippen molar-refractivity contribution in [1.82, 2.24) is 20.5 Å². The van der Waals surface area contributed by atoms with Crippen LogP contribution in [0.2, 0.25) is 0 Å². The number of amides is 1. The molecule has 0 fully saturated rings. The minimum absolute atomic E-state index is 0.0639. The van der Waals surface area contributed by atoms with Crippen molar-refractivity contribution in [2.45, 2.75) is 4.90 Å². The smallest absolute Gasteiger partial charge is 0.272 e. The number of H-pyrrole nitrogens is 1. The maximum atomic E-state index is 15.4. The molecule has 0 unspecified atom stereocenters. The Hall–Kier alpha value is -4.20. The number of aromatic nitrogens is 3. The van der Waals surface area contributed by atoms with E-state index in [1.54, 1.807) is 0 Å². The highest BCUT2D eigenvalue weighted by Crippen LogP contribution is 2.36. The van der Waals surface area contributed by atoms with E-state index in [0.717, 1.165) is 31.5 Å². The highest BCUT2D eigenvalue weighted by Gasteiger charge is 2.27. The summed E-state index contributed by atoms with van der Waals surface area (Å²) in [6.45, 7) is 0. The lowest BCUT2D eigenvalue weighted by molar-refractivity contribution is 0.0959. The molecule has 0 atom stereocenters. The van der Waals surface area contributed by atoms with Gasteiger partial charge in [0.05, 0.1) is 24.6 Å². The molecule has 4 rings (SSSR count). The Morgan fingerprint density at radius 2 is 1.83 bits per heavy atom. The zero-order chi connectivity index (χ0) is 25.5. The summed E-state index contributed by atoms with van der Waals surface area (Å²) in [5.41, 5.74) is -2.62. The van der Waals surface area contributed by atoms with Gasteiger partial charge in [-0.3, -0.25) is 14.6 Å². The SMILES string of the molecule is CNC(=O)c1n[nH]c2c(F)c(-c3c(F)ccc(NS(=O)(=O)c4cc(F)cnc4OC)c3F)ccc12. The molecular formula is C21H15F4N5O4S. The first-order valence-electron chi connectivity index (χ1n) is 9.68. The van der Waals surface area contributed by atoms with E-state index in [-0.39, 0.29) is 16.6 Å². The second-order valence-corrected chi connectivity index (χ2v) is 8.70. The van der Waals surface area contributed by atoms with Gasteiger partial charge in [0.25, 0.3) is 15.9 Å². The molecule has 0 spiro atoms. The predicted molar refractivity (Wildman–Crippen MR) is 116 cm³/mol. The van der Waals surface area contributed by atoms with Crippen LogP contribution < -0.4 is 14.8 Å². The summed E-state index contributed by atoms with van der Waals surface area (Å²) < 4.78 is 91.1. The molecule has 0 saturated heterocycles. The molecule has 0 aliphatic carbocycles. The van der Waals surface area contributed by atoms with Crippen LogP contribution in [-0.2, 0) is 10.0 Å². The Morgan fingerprint density at radius 3 is 2.51 bits per heavy atom. The van der Waals surface area contributed by atoms with E-state index in [4.69, 9.17) is 4.74 Å². The molecule has 2 aromatic heterocycles. The molecule has 2 aromatic carbocycles. The van der Waals surface area contributed by atoms with Gasteiger partial charge in [0.1, 0.15) is 17.2 Å². The van der Waals surface area contributed by atoms with Crippen LogP contribution in [0.5, 0.6) is 5.88 Å². The Bertz CT molecular complexity index is 1590. The minimum atomic E-state index is -4.66. The first-order chi connectivity index (χ1) is 16.6. The number of rotatable bonds is 6. The van der Waals surface area contributed by atoms with Crippen LogP contribution in [0, 0.1) is 23.3 Å². The number of fused-ring (bicyclic) bond motifs is 1. The van der Waals surface area contributed by atoms with Crippen molar-refractivity contribution >= 4 is 32.5 Å². The summed E-state index contributed by atoms with van der Waals surface area (Å²) >= 11 is 0. The van der Waals surface area contributed by atoms with Crippen molar-refractivity contribution in [3.05, 3.63) is 65.5 Å². The second kappa shape index (κ2) is 8.87. The van der Waals surface area contributed by atoms with E-state index in [2.05, 4.69) is 20.5 Å². The standard InChI is InChI=1S/C21H15F4N5O4S/c1-26-20(31)19-11-4-3-10(16(24)18(11)28-29-19)15-12(23)5-6-13(17(15)25)30-35(32,33)14-7-9(22)8-27-21(14)34-2/h3-8,30H,1-2H3,(H,26,31)(H,28,29). The fourth-order valence-corrected chi connectivity index (χ4v) is 4.56. The molecule has 0 radical (unpaired) electrons. The number of carbonyl (C=O) groups is 1. The van der Waals surface area contributed by atoms with Gasteiger partial charge in [0.15, 0.2) is 22.2 Å². The molecule has 0 aliphatic heterocycles. The number of sulfonamides is 1. The van der Waals surface area contributed by atoms with Gasteiger partial charge in [-0.25, -0.2) is 31.0 Å². The highest BCUT2D eigenvalue weighted by molar-refractivity contribution is 7.92. The molecule has 0 saturated carbocycles. The summed E-state index contributed by atoms with van der Waals surface area (Å²) in [6.07, 6.45) is 0.721. The Balaban J connectivity index is 1.82. The fraction of sp³-hybridized carbons (Fsp3) is 0.0952. The third-order valence-electron chi connectivity index (χ3n) is 4.99. The lowest BCUT2D eigenvalue weighted by Gasteiger charge is -2.14. The first-order valence-corrected chi connectivity index (χ1v) is 11.2. The van der Waals surface area contributed by atoms with E-state index < -0.39 is 66.8 Å². The normalized spacial score (nSPS) is 11.5. The Labute approximate surface area is 195 Å². The number of methoxy groups -OCH3 is 1. The van der Waals surface area contributed by atoms with Crippen LogP contribution in [0.25, 0.3) is 22.0 Å². The highest BCUT2D eigenvalue weighted by atomic mass is 32.2. The number of halogens is 4. The van der Waals surface area contributed by atoms with Gasteiger partial charge in [0.2, 0.25) is 5.88 Å². The third-order valence-corrected chi connectivity index (χ3v) is 6.35. The fourth-order valence-electron chi connectivity index (χ4n) is 3.37. The summed E-state index contributed by atoms with van der Waals surface area (Å²) in [6, 6.07) is 4.37. The minimum Gasteiger partial charge on any atom is -0.480 e. The van der Waals surface area contributed by atoms with Crippen LogP contribution >= 0.6 is 0 Å². The van der Waals surface area contributed by atoms with Crippen LogP contribution in [0.4, 0.5) is 23.2 Å². The van der Waals surface area contributed by atoms with Gasteiger partial charge in [-0.1, -0.05) is 6.07 Å². The molecule has 0 aliphatic rings. The molecule has 2 heterocycles. The van der Waals surface area contributed by atoms with Crippen LogP contribution in [-0.4, -0.2) is 43.7 Å². The van der Waals surface area contributed by atoms with Crippen molar-refractivity contribution < 1.29 is 35.5 Å². The van der Waals surface area contributed by atoms with Gasteiger partial charge < -0.3 is 10.1 Å². The molecule has 9 nitrogen and oxygen atoms in total. The summed E-state index contributed by atoms with van der Waals surface area (Å²) in [5, 5.41) is 8.44. The lowest BCUT2D eigenvalue weighted by Crippen LogP contribution is -2.18. The van der Waals surface area contributed by atoms with Gasteiger partial charge in [0, 0.05) is 24.1 Å². The number of aromatic amines is 1. The number of pyridine rings is 1. The maximum absolute atomic E-state index is 15.4. The number of carbonyl (C=O) groups excluding carboxylic acids is 1. The van der Waals surface area contributed by atoms with Gasteiger partial charge >= 0.3 is 0 Å². The van der Waals surface area contributed by atoms with Gasteiger partial charge in [-0.15, -0.1) is 0 Å². The van der Waals surface area contributed by atoms with E-state index in [1.807, 2.05) is 4.72 Å². The van der Waals surface area contributed by atoms with Crippen molar-refractivity contribution in [3.63, 3.8) is 0 Å². The average Bonchev–Trinajstić information content (AvgIpc) is 3.27. The zero-order valence-corrected chi connectivity index (χ0v) is 18.7. The maximum Gasteiger partial charge on any atom is 0.272 e. The Morgan fingerprint density at radius 1 is 1.09 bits per heavy atom. The molecule has 3 N–H and O–H groups in total. The number of nitrogens with one attached hydrogen (secondary N) is 3. The molecular weight excluding hydrogens is 494 g/mol. The van der Waals surface area contributed by atoms with E-state index in [1.165, 1.54) is 13.1 Å². The molecule has 1 amide bonds. The second-order valence-electron chi connectivity index (χ2n) is 7.05. The number of hydrogen-bond donors (Lipinski definition) is 3. The molecule has 4 aromatic rings. The summed E-state index contributed by atoms with van der Waals surface area (Å²) in [7, 11) is -2.22. The van der Waals surface area contributed by atoms with Crippen LogP contribution in [0.1, 0.15) is 10.5 Å². The van der Waals surface area contributed by atoms with E-state index in [0.29, 0.717) is 6.07 Å². The summed E-state index contributed by atoms with van der Waals surface area (Å²) in [4.78, 5) is 14.7. The number of nitrogens with zero attached hydrogens (tertiary/aromatic N) is 2. The predicted octanol–water partition coefficient (Wildman–Crippen LogP) is 3.35. The van der Waals surface area contributed by atoms with Crippen molar-refractivity contribution in [2.24, 2.45) is 0 Å². The Kier molecular flexibility index (Phi) is 6.06. The van der Waals surface area contributed by atoms with Crippen molar-refractivity contribution in [1.29, 1.82) is 0 Å². The molecule has 0 bridgehead atoms. The van der Waals surface area contributed by atoms with Crippen LogP contribution in [0.15, 0.2) is 41.4 Å². The van der Waals surface area contributed by atoms with E-state index in [9.17, 15) is 22.0 Å². The number of ether oxygens (including phenoxy) is 1. The lowest BCUT2D eigenvalue weighted by atomic mass is 10.0. The zero-order valence-electron chi connectivity index (χ0n) is 17.9. The molecule has 35 heavy (non-hydrogen) atoms. The largest absolute Gasteiger partial charge is 0.480 e. The quantitative estimate of drug-likeness (QED) is 0.342. The third kappa shape index (κ3) is 4.12. The monoisotopic (exact) mass is 509 g/mol. The van der Waals surface area contributed by atoms with Gasteiger partial charge in [-0.05, 0) is 18.2 Å². The molecule has 14 heteroatoms. The van der Waals surface area contributed by atoms with Gasteiger partial charge in [-0.2, -0.15) is 5.10 Å². The molecule has 182 valence electrons.